The van der Waals surface area contributed by atoms with Gasteiger partial charge in [0.1, 0.15) is 5.82 Å². The van der Waals surface area contributed by atoms with Gasteiger partial charge in [0.05, 0.1) is 11.2 Å². The summed E-state index contributed by atoms with van der Waals surface area (Å²) in [5.74, 6) is -0.00320. The molecule has 1 N–H and O–H groups in total. The van der Waals surface area contributed by atoms with E-state index in [-0.39, 0.29) is 18.3 Å². The quantitative estimate of drug-likeness (QED) is 0.879. The van der Waals surface area contributed by atoms with Crippen molar-refractivity contribution in [3.8, 4) is 0 Å². The third-order valence-electron chi connectivity index (χ3n) is 3.32. The normalized spacial score (nSPS) is 12.6. The average Bonchev–Trinajstić information content (AvgIpc) is 2.82. The van der Waals surface area contributed by atoms with Gasteiger partial charge >= 0.3 is 0 Å². The maximum atomic E-state index is 12.8. The van der Waals surface area contributed by atoms with E-state index in [1.165, 1.54) is 17.0 Å². The second-order valence-electron chi connectivity index (χ2n) is 4.78. The molecular weight excluding hydrogens is 261 g/mol. The molecule has 0 saturated carbocycles. The second kappa shape index (κ2) is 6.78. The molecule has 102 valence electrons. The van der Waals surface area contributed by atoms with Gasteiger partial charge in [0.2, 0.25) is 0 Å². The van der Waals surface area contributed by atoms with Gasteiger partial charge in [0.25, 0.3) is 0 Å². The number of thiazole rings is 1. The van der Waals surface area contributed by atoms with Gasteiger partial charge in [-0.05, 0) is 49.8 Å². The standard InChI is InChI=1S/C15H18FNOS/c1-11-15(19-10-17-11)7-4-13(9-18)8-12-2-5-14(16)6-3-12/h2-3,5-6,10,13,18H,4,7-9H2,1H3. The van der Waals surface area contributed by atoms with Crippen LogP contribution in [0.4, 0.5) is 4.39 Å². The average molecular weight is 279 g/mol. The SMILES string of the molecule is Cc1ncsc1CCC(CO)Cc1ccc(F)cc1. The van der Waals surface area contributed by atoms with Gasteiger partial charge in [-0.1, -0.05) is 12.1 Å². The predicted octanol–water partition coefficient (Wildman–Crippen LogP) is 3.37. The highest BCUT2D eigenvalue weighted by molar-refractivity contribution is 7.09. The van der Waals surface area contributed by atoms with Gasteiger partial charge in [-0.3, -0.25) is 0 Å². The number of benzene rings is 1. The summed E-state index contributed by atoms with van der Waals surface area (Å²) in [6, 6.07) is 6.51. The maximum Gasteiger partial charge on any atom is 0.123 e. The molecule has 19 heavy (non-hydrogen) atoms. The van der Waals surface area contributed by atoms with E-state index in [0.29, 0.717) is 0 Å². The van der Waals surface area contributed by atoms with Crippen LogP contribution in [0.3, 0.4) is 0 Å². The number of aliphatic hydroxyl groups is 1. The summed E-state index contributed by atoms with van der Waals surface area (Å²) in [6.45, 7) is 2.18. The largest absolute Gasteiger partial charge is 0.396 e. The Morgan fingerprint density at radius 2 is 2.05 bits per heavy atom. The van der Waals surface area contributed by atoms with Crippen LogP contribution < -0.4 is 0 Å². The lowest BCUT2D eigenvalue weighted by molar-refractivity contribution is 0.218. The smallest absolute Gasteiger partial charge is 0.123 e. The lowest BCUT2D eigenvalue weighted by atomic mass is 9.95. The molecule has 1 aromatic carbocycles. The molecule has 4 heteroatoms. The number of aromatic nitrogens is 1. The van der Waals surface area contributed by atoms with E-state index in [0.717, 1.165) is 30.5 Å². The summed E-state index contributed by atoms with van der Waals surface area (Å²) < 4.78 is 12.8. The Hall–Kier alpha value is -1.26. The van der Waals surface area contributed by atoms with E-state index in [2.05, 4.69) is 4.98 Å². The molecule has 0 aliphatic heterocycles. The molecule has 1 aromatic heterocycles. The van der Waals surface area contributed by atoms with Gasteiger partial charge in [0, 0.05) is 11.5 Å². The first-order chi connectivity index (χ1) is 9.19. The molecular formula is C15H18FNOS. The fourth-order valence-corrected chi connectivity index (χ4v) is 2.91. The van der Waals surface area contributed by atoms with Crippen molar-refractivity contribution in [3.05, 3.63) is 51.7 Å². The van der Waals surface area contributed by atoms with Gasteiger partial charge in [-0.15, -0.1) is 11.3 Å². The van der Waals surface area contributed by atoms with Crippen LogP contribution in [0.25, 0.3) is 0 Å². The minimum absolute atomic E-state index is 0.162. The van der Waals surface area contributed by atoms with Crippen molar-refractivity contribution in [1.82, 2.24) is 4.98 Å². The van der Waals surface area contributed by atoms with E-state index in [1.807, 2.05) is 12.4 Å². The maximum absolute atomic E-state index is 12.8. The molecule has 0 aliphatic rings. The first kappa shape index (κ1) is 14.2. The summed E-state index contributed by atoms with van der Waals surface area (Å²) in [6.07, 6.45) is 2.66. The van der Waals surface area contributed by atoms with Crippen molar-refractivity contribution in [3.63, 3.8) is 0 Å². The van der Waals surface area contributed by atoms with Crippen molar-refractivity contribution < 1.29 is 9.50 Å². The second-order valence-corrected chi connectivity index (χ2v) is 5.72. The molecule has 2 nitrogen and oxygen atoms in total. The van der Waals surface area contributed by atoms with Gasteiger partial charge in [-0.25, -0.2) is 9.37 Å². The van der Waals surface area contributed by atoms with E-state index in [4.69, 9.17) is 0 Å². The zero-order valence-corrected chi connectivity index (χ0v) is 11.8. The molecule has 2 rings (SSSR count). The van der Waals surface area contributed by atoms with Crippen molar-refractivity contribution >= 4 is 11.3 Å². The van der Waals surface area contributed by atoms with E-state index >= 15 is 0 Å². The fraction of sp³-hybridized carbons (Fsp3) is 0.400. The Bertz CT molecular complexity index is 509. The Balaban J connectivity index is 1.90. The van der Waals surface area contributed by atoms with Crippen molar-refractivity contribution in [2.75, 3.05) is 6.61 Å². The minimum atomic E-state index is -0.218. The number of aryl methyl sites for hydroxylation is 2. The molecule has 0 spiro atoms. The molecule has 0 amide bonds. The zero-order chi connectivity index (χ0) is 13.7. The van der Waals surface area contributed by atoms with Crippen molar-refractivity contribution in [1.29, 1.82) is 0 Å². The fourth-order valence-electron chi connectivity index (χ4n) is 2.11. The van der Waals surface area contributed by atoms with E-state index in [1.54, 1.807) is 23.5 Å². The highest BCUT2D eigenvalue weighted by atomic mass is 32.1. The Kier molecular flexibility index (Phi) is 5.05. The summed E-state index contributed by atoms with van der Waals surface area (Å²) in [4.78, 5) is 5.52. The summed E-state index contributed by atoms with van der Waals surface area (Å²) >= 11 is 1.67. The topological polar surface area (TPSA) is 33.1 Å². The van der Waals surface area contributed by atoms with Crippen molar-refractivity contribution in [2.24, 2.45) is 5.92 Å². The minimum Gasteiger partial charge on any atom is -0.396 e. The van der Waals surface area contributed by atoms with Crippen LogP contribution in [-0.2, 0) is 12.8 Å². The van der Waals surface area contributed by atoms with Crippen LogP contribution >= 0.6 is 11.3 Å². The summed E-state index contributed by atoms with van der Waals surface area (Å²) in [7, 11) is 0. The number of nitrogens with zero attached hydrogens (tertiary/aromatic N) is 1. The molecule has 1 heterocycles. The van der Waals surface area contributed by atoms with Crippen LogP contribution in [0.15, 0.2) is 29.8 Å². The molecule has 0 fully saturated rings. The summed E-state index contributed by atoms with van der Waals surface area (Å²) in [5, 5.41) is 9.45. The lowest BCUT2D eigenvalue weighted by Gasteiger charge is -2.13. The molecule has 0 radical (unpaired) electrons. The molecule has 1 atom stereocenters. The van der Waals surface area contributed by atoms with Gasteiger partial charge < -0.3 is 5.11 Å². The predicted molar refractivity (Wildman–Crippen MR) is 75.9 cm³/mol. The monoisotopic (exact) mass is 279 g/mol. The van der Waals surface area contributed by atoms with Gasteiger partial charge in [0.15, 0.2) is 0 Å². The number of rotatable bonds is 6. The number of hydrogen-bond acceptors (Lipinski definition) is 3. The third kappa shape index (κ3) is 4.11. The zero-order valence-electron chi connectivity index (χ0n) is 11.0. The Labute approximate surface area is 116 Å². The van der Waals surface area contributed by atoms with Crippen LogP contribution in [0, 0.1) is 18.7 Å². The van der Waals surface area contributed by atoms with E-state index in [9.17, 15) is 9.50 Å². The summed E-state index contributed by atoms with van der Waals surface area (Å²) in [5.41, 5.74) is 4.02. The third-order valence-corrected chi connectivity index (χ3v) is 4.32. The molecule has 0 aliphatic carbocycles. The highest BCUT2D eigenvalue weighted by Crippen LogP contribution is 2.19. The molecule has 0 bridgehead atoms. The van der Waals surface area contributed by atoms with Crippen LogP contribution in [0.5, 0.6) is 0 Å². The number of aliphatic hydroxyl groups excluding tert-OH is 1. The first-order valence-corrected chi connectivity index (χ1v) is 7.31. The first-order valence-electron chi connectivity index (χ1n) is 6.43. The van der Waals surface area contributed by atoms with Crippen LogP contribution in [0.2, 0.25) is 0 Å². The van der Waals surface area contributed by atoms with Gasteiger partial charge in [-0.2, -0.15) is 0 Å². The molecule has 0 saturated heterocycles. The number of halogens is 1. The Morgan fingerprint density at radius 1 is 1.32 bits per heavy atom. The van der Waals surface area contributed by atoms with E-state index < -0.39 is 0 Å². The highest BCUT2D eigenvalue weighted by Gasteiger charge is 2.11. The van der Waals surface area contributed by atoms with Crippen LogP contribution in [0.1, 0.15) is 22.6 Å². The van der Waals surface area contributed by atoms with Crippen LogP contribution in [-0.4, -0.2) is 16.7 Å². The Morgan fingerprint density at radius 3 is 2.63 bits per heavy atom. The lowest BCUT2D eigenvalue weighted by Crippen LogP contribution is -2.11. The molecule has 2 aromatic rings. The molecule has 1 unspecified atom stereocenters. The van der Waals surface area contributed by atoms with Crippen molar-refractivity contribution in [2.45, 2.75) is 26.2 Å². The number of hydrogen-bond donors (Lipinski definition) is 1.